The average molecular weight is 293 g/mol. The number of amides is 1. The molecule has 3 heterocycles. The van der Waals surface area contributed by atoms with Gasteiger partial charge in [0.25, 0.3) is 0 Å². The van der Waals surface area contributed by atoms with Crippen molar-refractivity contribution in [1.82, 2.24) is 14.7 Å². The van der Waals surface area contributed by atoms with E-state index in [2.05, 4.69) is 23.6 Å². The molecule has 21 heavy (non-hydrogen) atoms. The summed E-state index contributed by atoms with van der Waals surface area (Å²) in [5, 5.41) is 0. The first-order valence-corrected chi connectivity index (χ1v) is 8.08. The monoisotopic (exact) mass is 293 g/mol. The van der Waals surface area contributed by atoms with Gasteiger partial charge in [0, 0.05) is 63.3 Å². The Morgan fingerprint density at radius 1 is 1.19 bits per heavy atom. The molecule has 3 saturated heterocycles. The number of likely N-dealkylation sites (tertiary alicyclic amines) is 2. The van der Waals surface area contributed by atoms with Gasteiger partial charge in [-0.05, 0) is 13.8 Å². The van der Waals surface area contributed by atoms with Crippen LogP contribution in [0.2, 0.25) is 0 Å². The minimum atomic E-state index is 0.178. The molecule has 118 valence electrons. The summed E-state index contributed by atoms with van der Waals surface area (Å²) in [5.41, 5.74) is 0.415. The minimum Gasteiger partial charge on any atom is -0.379 e. The van der Waals surface area contributed by atoms with Crippen molar-refractivity contribution in [2.75, 3.05) is 59.0 Å². The van der Waals surface area contributed by atoms with Gasteiger partial charge in [-0.3, -0.25) is 14.6 Å². The molecule has 3 aliphatic rings. The molecule has 0 saturated carbocycles. The fourth-order valence-electron chi connectivity index (χ4n) is 3.49. The highest BCUT2D eigenvalue weighted by Crippen LogP contribution is 2.40. The Bertz CT molecular complexity index is 402. The zero-order chi connectivity index (χ0) is 14.9. The van der Waals surface area contributed by atoms with Gasteiger partial charge in [0.05, 0.1) is 13.2 Å². The minimum absolute atomic E-state index is 0.178. The Morgan fingerprint density at radius 3 is 2.48 bits per heavy atom. The normalized spacial score (nSPS) is 26.3. The summed E-state index contributed by atoms with van der Waals surface area (Å²) in [6.07, 6.45) is 3.75. The molecule has 0 N–H and O–H groups in total. The van der Waals surface area contributed by atoms with Crippen molar-refractivity contribution in [2.45, 2.75) is 19.9 Å². The third-order valence-electron chi connectivity index (χ3n) is 4.90. The molecule has 1 spiro atoms. The molecule has 5 heteroatoms. The van der Waals surface area contributed by atoms with Crippen molar-refractivity contribution >= 4 is 5.91 Å². The number of nitrogens with zero attached hydrogens (tertiary/aromatic N) is 3. The van der Waals surface area contributed by atoms with Gasteiger partial charge < -0.3 is 9.64 Å². The lowest BCUT2D eigenvalue weighted by Gasteiger charge is -2.61. The molecule has 0 aromatic rings. The Hall–Kier alpha value is -0.910. The standard InChI is InChI=1S/C16H27N3O2/c1-14(2)18-10-16(11-18)12-19(13-16)15(20)4-3-5-17-6-8-21-9-7-17/h3-4,14H,5-13H2,1-2H3/b4-3+. The molecule has 3 rings (SSSR count). The van der Waals surface area contributed by atoms with Gasteiger partial charge in [0.1, 0.15) is 0 Å². The summed E-state index contributed by atoms with van der Waals surface area (Å²) in [6.45, 7) is 13.1. The Morgan fingerprint density at radius 2 is 1.86 bits per heavy atom. The van der Waals surface area contributed by atoms with Crippen molar-refractivity contribution in [1.29, 1.82) is 0 Å². The van der Waals surface area contributed by atoms with Gasteiger partial charge in [-0.15, -0.1) is 0 Å². The molecular weight excluding hydrogens is 266 g/mol. The van der Waals surface area contributed by atoms with Crippen LogP contribution >= 0.6 is 0 Å². The molecule has 0 bridgehead atoms. The summed E-state index contributed by atoms with van der Waals surface area (Å²) in [7, 11) is 0. The second kappa shape index (κ2) is 6.07. The first-order valence-electron chi connectivity index (χ1n) is 8.08. The maximum Gasteiger partial charge on any atom is 0.246 e. The van der Waals surface area contributed by atoms with Gasteiger partial charge in [0.2, 0.25) is 5.91 Å². The van der Waals surface area contributed by atoms with E-state index in [0.717, 1.165) is 59.0 Å². The third-order valence-corrected chi connectivity index (χ3v) is 4.90. The topological polar surface area (TPSA) is 36.0 Å². The van der Waals surface area contributed by atoms with Crippen LogP contribution in [0.4, 0.5) is 0 Å². The van der Waals surface area contributed by atoms with Gasteiger partial charge in [0.15, 0.2) is 0 Å². The van der Waals surface area contributed by atoms with E-state index in [1.54, 1.807) is 6.08 Å². The molecule has 0 aromatic carbocycles. The highest BCUT2D eigenvalue weighted by molar-refractivity contribution is 5.88. The van der Waals surface area contributed by atoms with Crippen LogP contribution in [0.3, 0.4) is 0 Å². The van der Waals surface area contributed by atoms with E-state index in [0.29, 0.717) is 11.5 Å². The van der Waals surface area contributed by atoms with E-state index in [1.165, 1.54) is 0 Å². The molecule has 0 aliphatic carbocycles. The van der Waals surface area contributed by atoms with Crippen LogP contribution in [-0.4, -0.2) is 85.7 Å². The summed E-state index contributed by atoms with van der Waals surface area (Å²) in [5.74, 6) is 0.178. The van der Waals surface area contributed by atoms with E-state index >= 15 is 0 Å². The van der Waals surface area contributed by atoms with Crippen LogP contribution < -0.4 is 0 Å². The van der Waals surface area contributed by atoms with E-state index in [1.807, 2.05) is 11.0 Å². The second-order valence-corrected chi connectivity index (χ2v) is 7.01. The van der Waals surface area contributed by atoms with Crippen molar-refractivity contribution in [3.8, 4) is 0 Å². The zero-order valence-electron chi connectivity index (χ0n) is 13.3. The average Bonchev–Trinajstić information content (AvgIpc) is 2.36. The number of carbonyl (C=O) groups excluding carboxylic acids is 1. The number of hydrogen-bond acceptors (Lipinski definition) is 4. The van der Waals surface area contributed by atoms with Crippen LogP contribution in [0.5, 0.6) is 0 Å². The van der Waals surface area contributed by atoms with Crippen LogP contribution in [0.1, 0.15) is 13.8 Å². The predicted octanol–water partition coefficient (Wildman–Crippen LogP) is 0.427. The maximum atomic E-state index is 12.1. The number of ether oxygens (including phenoxy) is 1. The lowest BCUT2D eigenvalue weighted by Crippen LogP contribution is -2.73. The van der Waals surface area contributed by atoms with E-state index in [4.69, 9.17) is 4.74 Å². The Balaban J connectivity index is 1.36. The smallest absolute Gasteiger partial charge is 0.246 e. The number of rotatable bonds is 4. The van der Waals surface area contributed by atoms with Crippen LogP contribution in [0.15, 0.2) is 12.2 Å². The largest absolute Gasteiger partial charge is 0.379 e. The van der Waals surface area contributed by atoms with E-state index in [-0.39, 0.29) is 5.91 Å². The molecule has 3 aliphatic heterocycles. The van der Waals surface area contributed by atoms with Crippen molar-refractivity contribution in [3.05, 3.63) is 12.2 Å². The summed E-state index contributed by atoms with van der Waals surface area (Å²) >= 11 is 0. The lowest BCUT2D eigenvalue weighted by atomic mass is 9.72. The molecular formula is C16H27N3O2. The van der Waals surface area contributed by atoms with Crippen LogP contribution in [0, 0.1) is 5.41 Å². The summed E-state index contributed by atoms with van der Waals surface area (Å²) in [6, 6.07) is 0.633. The number of carbonyl (C=O) groups is 1. The van der Waals surface area contributed by atoms with Gasteiger partial charge in [-0.1, -0.05) is 6.08 Å². The second-order valence-electron chi connectivity index (χ2n) is 7.01. The van der Waals surface area contributed by atoms with Gasteiger partial charge in [-0.25, -0.2) is 0 Å². The van der Waals surface area contributed by atoms with Gasteiger partial charge >= 0.3 is 0 Å². The van der Waals surface area contributed by atoms with E-state index < -0.39 is 0 Å². The third kappa shape index (κ3) is 3.30. The molecule has 3 fully saturated rings. The molecule has 0 aromatic heterocycles. The fourth-order valence-corrected chi connectivity index (χ4v) is 3.49. The molecule has 0 radical (unpaired) electrons. The van der Waals surface area contributed by atoms with Crippen LogP contribution in [-0.2, 0) is 9.53 Å². The van der Waals surface area contributed by atoms with E-state index in [9.17, 15) is 4.79 Å². The molecule has 1 amide bonds. The Kier molecular flexibility index (Phi) is 4.33. The van der Waals surface area contributed by atoms with Crippen molar-refractivity contribution < 1.29 is 9.53 Å². The van der Waals surface area contributed by atoms with Crippen molar-refractivity contribution in [3.63, 3.8) is 0 Å². The molecule has 0 unspecified atom stereocenters. The molecule has 5 nitrogen and oxygen atoms in total. The first kappa shape index (κ1) is 15.0. The number of morpholine rings is 1. The molecule has 0 atom stereocenters. The SMILES string of the molecule is CC(C)N1CC2(CN(C(=O)/C=C/CN3CCOCC3)C2)C1. The maximum absolute atomic E-state index is 12.1. The summed E-state index contributed by atoms with van der Waals surface area (Å²) in [4.78, 5) is 18.9. The number of hydrogen-bond donors (Lipinski definition) is 0. The highest BCUT2D eigenvalue weighted by atomic mass is 16.5. The highest BCUT2D eigenvalue weighted by Gasteiger charge is 2.52. The lowest BCUT2D eigenvalue weighted by molar-refractivity contribution is -0.157. The van der Waals surface area contributed by atoms with Crippen molar-refractivity contribution in [2.24, 2.45) is 5.41 Å². The summed E-state index contributed by atoms with van der Waals surface area (Å²) < 4.78 is 5.31. The van der Waals surface area contributed by atoms with Gasteiger partial charge in [-0.2, -0.15) is 0 Å². The zero-order valence-corrected chi connectivity index (χ0v) is 13.3. The first-order chi connectivity index (χ1) is 10.1. The predicted molar refractivity (Wildman–Crippen MR) is 82.1 cm³/mol. The fraction of sp³-hybridized carbons (Fsp3) is 0.812. The quantitative estimate of drug-likeness (QED) is 0.704. The van der Waals surface area contributed by atoms with Crippen LogP contribution in [0.25, 0.3) is 0 Å². The Labute approximate surface area is 127 Å².